The average Bonchev–Trinajstić information content (AvgIpc) is 2.85. The van der Waals surface area contributed by atoms with Gasteiger partial charge in [-0.1, -0.05) is 42.5 Å². The first-order chi connectivity index (χ1) is 9.24. The molecule has 0 aliphatic rings. The predicted molar refractivity (Wildman–Crippen MR) is 80.3 cm³/mol. The van der Waals surface area contributed by atoms with Crippen LogP contribution in [0.3, 0.4) is 0 Å². The van der Waals surface area contributed by atoms with Gasteiger partial charge >= 0.3 is 0 Å². The molecule has 0 fully saturated rings. The quantitative estimate of drug-likeness (QED) is 0.737. The van der Waals surface area contributed by atoms with Crippen LogP contribution < -0.4 is 5.32 Å². The summed E-state index contributed by atoms with van der Waals surface area (Å²) in [4.78, 5) is 0. The molecule has 0 bridgehead atoms. The van der Waals surface area contributed by atoms with E-state index in [1.807, 2.05) is 0 Å². The third-order valence-corrected chi connectivity index (χ3v) is 3.09. The molecule has 96 valence electrons. The van der Waals surface area contributed by atoms with Crippen LogP contribution in [0, 0.1) is 0 Å². The molecule has 19 heavy (non-hydrogen) atoms. The van der Waals surface area contributed by atoms with Crippen LogP contribution in [0.5, 0.6) is 0 Å². The fourth-order valence-corrected chi connectivity index (χ4v) is 2.29. The summed E-state index contributed by atoms with van der Waals surface area (Å²) >= 11 is 0. The van der Waals surface area contributed by atoms with Crippen molar-refractivity contribution >= 4 is 16.6 Å². The maximum Gasteiger partial charge on any atom is 0.148 e. The lowest BCUT2D eigenvalue weighted by atomic mass is 10.0. The van der Waals surface area contributed by atoms with E-state index in [1.54, 1.807) is 0 Å². The number of nitrogens with zero attached hydrogens (tertiary/aromatic N) is 1. The van der Waals surface area contributed by atoms with Crippen molar-refractivity contribution in [3.05, 3.63) is 48.5 Å². The normalized spacial score (nSPS) is 11.1. The van der Waals surface area contributed by atoms with Crippen molar-refractivity contribution in [3.63, 3.8) is 0 Å². The fourth-order valence-electron chi connectivity index (χ4n) is 2.29. The van der Waals surface area contributed by atoms with Crippen molar-refractivity contribution in [1.29, 1.82) is 0 Å². The van der Waals surface area contributed by atoms with E-state index in [9.17, 15) is 0 Å². The van der Waals surface area contributed by atoms with E-state index >= 15 is 0 Å². The van der Waals surface area contributed by atoms with Gasteiger partial charge in [0.15, 0.2) is 0 Å². The Morgan fingerprint density at radius 2 is 1.84 bits per heavy atom. The van der Waals surface area contributed by atoms with Crippen LogP contribution in [0.25, 0.3) is 22.0 Å². The zero-order chi connectivity index (χ0) is 13.2. The lowest BCUT2D eigenvalue weighted by Gasteiger charge is -2.05. The van der Waals surface area contributed by atoms with Crippen molar-refractivity contribution < 1.29 is 0 Å². The standard InChI is InChI=1S/C16H17N3/c1-11(2)17-16-10-15(18-19-16)14-9-5-7-12-6-3-4-8-13(12)14/h3-11H,1-2H3,(H2,17,18,19). The SMILES string of the molecule is CC(C)Nc1cc(-c2cccc3ccccc23)[nH]n1. The number of rotatable bonds is 3. The molecule has 0 atom stereocenters. The predicted octanol–water partition coefficient (Wildman–Crippen LogP) is 4.05. The first-order valence-electron chi connectivity index (χ1n) is 6.54. The maximum atomic E-state index is 4.30. The monoisotopic (exact) mass is 251 g/mol. The minimum absolute atomic E-state index is 0.378. The summed E-state index contributed by atoms with van der Waals surface area (Å²) in [5.41, 5.74) is 2.22. The Balaban J connectivity index is 2.06. The zero-order valence-electron chi connectivity index (χ0n) is 11.1. The third kappa shape index (κ3) is 2.32. The molecule has 3 nitrogen and oxygen atoms in total. The van der Waals surface area contributed by atoms with Crippen LogP contribution in [-0.2, 0) is 0 Å². The Morgan fingerprint density at radius 3 is 2.68 bits per heavy atom. The fraction of sp³-hybridized carbons (Fsp3) is 0.188. The van der Waals surface area contributed by atoms with Crippen LogP contribution in [0.15, 0.2) is 48.5 Å². The highest BCUT2D eigenvalue weighted by Gasteiger charge is 2.07. The number of benzene rings is 2. The molecule has 0 radical (unpaired) electrons. The number of anilines is 1. The van der Waals surface area contributed by atoms with E-state index in [4.69, 9.17) is 0 Å². The van der Waals surface area contributed by atoms with Crippen molar-refractivity contribution in [2.24, 2.45) is 0 Å². The molecule has 0 unspecified atom stereocenters. The van der Waals surface area contributed by atoms with Crippen LogP contribution in [-0.4, -0.2) is 16.2 Å². The van der Waals surface area contributed by atoms with E-state index in [2.05, 4.69) is 77.9 Å². The Kier molecular flexibility index (Phi) is 2.95. The molecule has 1 heterocycles. The van der Waals surface area contributed by atoms with E-state index in [-0.39, 0.29) is 0 Å². The molecule has 3 aromatic rings. The minimum atomic E-state index is 0.378. The van der Waals surface area contributed by atoms with Gasteiger partial charge < -0.3 is 5.32 Å². The second kappa shape index (κ2) is 4.76. The van der Waals surface area contributed by atoms with E-state index < -0.39 is 0 Å². The van der Waals surface area contributed by atoms with Gasteiger partial charge in [-0.05, 0) is 24.6 Å². The maximum absolute atomic E-state index is 4.30. The molecule has 0 spiro atoms. The summed E-state index contributed by atoms with van der Waals surface area (Å²) in [6, 6.07) is 17.2. The molecule has 2 N–H and O–H groups in total. The molecule has 0 amide bonds. The molecule has 2 aromatic carbocycles. The highest BCUT2D eigenvalue weighted by molar-refractivity contribution is 5.96. The first kappa shape index (κ1) is 11.8. The van der Waals surface area contributed by atoms with Crippen LogP contribution in [0.1, 0.15) is 13.8 Å². The van der Waals surface area contributed by atoms with Gasteiger partial charge in [-0.2, -0.15) is 5.10 Å². The number of fused-ring (bicyclic) bond motifs is 1. The van der Waals surface area contributed by atoms with Crippen molar-refractivity contribution in [3.8, 4) is 11.3 Å². The van der Waals surface area contributed by atoms with Gasteiger partial charge in [-0.15, -0.1) is 0 Å². The largest absolute Gasteiger partial charge is 0.366 e. The molecule has 3 heteroatoms. The molecule has 0 aliphatic carbocycles. The Hall–Kier alpha value is -2.29. The van der Waals surface area contributed by atoms with Crippen molar-refractivity contribution in [2.45, 2.75) is 19.9 Å². The van der Waals surface area contributed by atoms with Gasteiger partial charge in [-0.3, -0.25) is 5.10 Å². The first-order valence-corrected chi connectivity index (χ1v) is 6.54. The third-order valence-electron chi connectivity index (χ3n) is 3.09. The number of H-pyrrole nitrogens is 1. The topological polar surface area (TPSA) is 40.7 Å². The van der Waals surface area contributed by atoms with Gasteiger partial charge in [0.25, 0.3) is 0 Å². The second-order valence-electron chi connectivity index (χ2n) is 4.99. The average molecular weight is 251 g/mol. The zero-order valence-corrected chi connectivity index (χ0v) is 11.1. The molecular weight excluding hydrogens is 234 g/mol. The van der Waals surface area contributed by atoms with Crippen LogP contribution >= 0.6 is 0 Å². The smallest absolute Gasteiger partial charge is 0.148 e. The summed E-state index contributed by atoms with van der Waals surface area (Å²) in [6.45, 7) is 4.21. The summed E-state index contributed by atoms with van der Waals surface area (Å²) in [5, 5.41) is 13.2. The second-order valence-corrected chi connectivity index (χ2v) is 4.99. The highest BCUT2D eigenvalue weighted by atomic mass is 15.2. The molecule has 3 rings (SSSR count). The van der Waals surface area contributed by atoms with Gasteiger partial charge in [0.05, 0.1) is 5.69 Å². The van der Waals surface area contributed by atoms with Crippen LogP contribution in [0.4, 0.5) is 5.82 Å². The van der Waals surface area contributed by atoms with Crippen molar-refractivity contribution in [2.75, 3.05) is 5.32 Å². The van der Waals surface area contributed by atoms with Gasteiger partial charge in [0.2, 0.25) is 0 Å². The van der Waals surface area contributed by atoms with Gasteiger partial charge in [0, 0.05) is 17.7 Å². The number of hydrogen-bond donors (Lipinski definition) is 2. The van der Waals surface area contributed by atoms with E-state index in [0.717, 1.165) is 11.5 Å². The number of hydrogen-bond acceptors (Lipinski definition) is 2. The molecule has 0 saturated carbocycles. The summed E-state index contributed by atoms with van der Waals surface area (Å²) < 4.78 is 0. The lowest BCUT2D eigenvalue weighted by Crippen LogP contribution is -2.09. The number of nitrogens with one attached hydrogen (secondary N) is 2. The molecular formula is C16H17N3. The molecule has 0 aliphatic heterocycles. The summed E-state index contributed by atoms with van der Waals surface area (Å²) in [6.07, 6.45) is 0. The Morgan fingerprint density at radius 1 is 1.05 bits per heavy atom. The van der Waals surface area contributed by atoms with E-state index in [0.29, 0.717) is 6.04 Å². The summed E-state index contributed by atoms with van der Waals surface area (Å²) in [7, 11) is 0. The van der Waals surface area contributed by atoms with Crippen LogP contribution in [0.2, 0.25) is 0 Å². The highest BCUT2D eigenvalue weighted by Crippen LogP contribution is 2.28. The van der Waals surface area contributed by atoms with E-state index in [1.165, 1.54) is 16.3 Å². The summed E-state index contributed by atoms with van der Waals surface area (Å²) in [5.74, 6) is 0.887. The number of aromatic amines is 1. The van der Waals surface area contributed by atoms with Crippen molar-refractivity contribution in [1.82, 2.24) is 10.2 Å². The number of aromatic nitrogens is 2. The Labute approximate surface area is 112 Å². The van der Waals surface area contributed by atoms with Gasteiger partial charge in [-0.25, -0.2) is 0 Å². The Bertz CT molecular complexity index is 693. The lowest BCUT2D eigenvalue weighted by molar-refractivity contribution is 0.884. The minimum Gasteiger partial charge on any atom is -0.366 e. The molecule has 1 aromatic heterocycles. The van der Waals surface area contributed by atoms with Gasteiger partial charge in [0.1, 0.15) is 5.82 Å². The molecule has 0 saturated heterocycles.